The molecule has 1 aliphatic rings. The van der Waals surface area contributed by atoms with E-state index in [-0.39, 0.29) is 22.1 Å². The Morgan fingerprint density at radius 1 is 0.941 bits per heavy atom. The van der Waals surface area contributed by atoms with E-state index in [2.05, 4.69) is 0 Å². The first-order chi connectivity index (χ1) is 16.2. The summed E-state index contributed by atoms with van der Waals surface area (Å²) in [5, 5.41) is 0. The number of hydrogen-bond acceptors (Lipinski definition) is 6. The van der Waals surface area contributed by atoms with Gasteiger partial charge in [-0.2, -0.15) is 8.42 Å². The molecule has 1 aliphatic heterocycles. The fraction of sp³-hybridized carbons (Fsp3) is 0.231. The van der Waals surface area contributed by atoms with Gasteiger partial charge in [-0.3, -0.25) is 4.79 Å². The summed E-state index contributed by atoms with van der Waals surface area (Å²) in [7, 11) is -4.18. The van der Waals surface area contributed by atoms with E-state index in [1.165, 1.54) is 23.8 Å². The van der Waals surface area contributed by atoms with Crippen molar-refractivity contribution in [2.45, 2.75) is 31.7 Å². The number of fused-ring (bicyclic) bond motifs is 1. The number of aryl methyl sites for hydroxylation is 2. The molecule has 0 radical (unpaired) electrons. The molecule has 7 nitrogen and oxygen atoms in total. The lowest BCUT2D eigenvalue weighted by atomic mass is 10.00. The van der Waals surface area contributed by atoms with E-state index < -0.39 is 22.7 Å². The maximum absolute atomic E-state index is 12.9. The Hall–Kier alpha value is -3.65. The number of benzene rings is 3. The summed E-state index contributed by atoms with van der Waals surface area (Å²) in [4.78, 5) is 27.0. The molecule has 0 atom stereocenters. The van der Waals surface area contributed by atoms with Crippen molar-refractivity contribution in [3.05, 3.63) is 94.5 Å². The van der Waals surface area contributed by atoms with Crippen molar-refractivity contribution in [1.82, 2.24) is 4.90 Å². The van der Waals surface area contributed by atoms with Crippen molar-refractivity contribution in [2.24, 2.45) is 0 Å². The molecule has 3 aromatic carbocycles. The Morgan fingerprint density at radius 2 is 1.65 bits per heavy atom. The van der Waals surface area contributed by atoms with Crippen LogP contribution in [0.5, 0.6) is 5.75 Å². The minimum absolute atomic E-state index is 0.0243. The molecule has 176 valence electrons. The quantitative estimate of drug-likeness (QED) is 0.395. The zero-order valence-corrected chi connectivity index (χ0v) is 19.8. The number of rotatable bonds is 6. The minimum Gasteiger partial charge on any atom is -0.452 e. The molecule has 3 aromatic rings. The van der Waals surface area contributed by atoms with Crippen LogP contribution in [0.2, 0.25) is 0 Å². The lowest BCUT2D eigenvalue weighted by molar-refractivity contribution is -0.135. The van der Waals surface area contributed by atoms with Gasteiger partial charge < -0.3 is 13.8 Å². The molecule has 0 aliphatic carbocycles. The maximum Gasteiger partial charge on any atom is 0.342 e. The highest BCUT2D eigenvalue weighted by Crippen LogP contribution is 2.26. The molecular formula is C26H25NO6S. The maximum atomic E-state index is 12.9. The summed E-state index contributed by atoms with van der Waals surface area (Å²) in [5.41, 5.74) is 3.50. The Morgan fingerprint density at radius 3 is 2.44 bits per heavy atom. The summed E-state index contributed by atoms with van der Waals surface area (Å²) in [6.45, 7) is 4.00. The molecule has 34 heavy (non-hydrogen) atoms. The van der Waals surface area contributed by atoms with Gasteiger partial charge in [-0.15, -0.1) is 0 Å². The van der Waals surface area contributed by atoms with Crippen LogP contribution in [0, 0.1) is 13.8 Å². The molecule has 0 saturated carbocycles. The molecule has 0 saturated heterocycles. The van der Waals surface area contributed by atoms with Crippen LogP contribution in [0.25, 0.3) is 0 Å². The van der Waals surface area contributed by atoms with Crippen LogP contribution in [0.4, 0.5) is 0 Å². The second-order valence-electron chi connectivity index (χ2n) is 8.21. The molecule has 0 unspecified atom stereocenters. The zero-order valence-electron chi connectivity index (χ0n) is 19.0. The Labute approximate surface area is 199 Å². The summed E-state index contributed by atoms with van der Waals surface area (Å²) in [5.74, 6) is -1.31. The van der Waals surface area contributed by atoms with Crippen LogP contribution < -0.4 is 4.18 Å². The number of carbonyl (C=O) groups excluding carboxylic acids is 2. The molecule has 8 heteroatoms. The number of esters is 1. The summed E-state index contributed by atoms with van der Waals surface area (Å²) in [6.07, 6.45) is 0.739. The van der Waals surface area contributed by atoms with Gasteiger partial charge in [0.05, 0.1) is 0 Å². The van der Waals surface area contributed by atoms with Crippen LogP contribution in [-0.4, -0.2) is 38.3 Å². The van der Waals surface area contributed by atoms with Crippen LogP contribution in [0.3, 0.4) is 0 Å². The van der Waals surface area contributed by atoms with E-state index in [1.54, 1.807) is 43.0 Å². The third-order valence-corrected chi connectivity index (χ3v) is 7.11. The van der Waals surface area contributed by atoms with Gasteiger partial charge in [0.15, 0.2) is 12.4 Å². The third-order valence-electron chi connectivity index (χ3n) is 5.73. The summed E-state index contributed by atoms with van der Waals surface area (Å²) in [6, 6.07) is 18.8. The van der Waals surface area contributed by atoms with Crippen molar-refractivity contribution >= 4 is 22.0 Å². The van der Waals surface area contributed by atoms with E-state index in [9.17, 15) is 18.0 Å². The molecule has 0 spiro atoms. The zero-order chi connectivity index (χ0) is 24.3. The number of ether oxygens (including phenoxy) is 1. The lowest BCUT2D eigenvalue weighted by Gasteiger charge is -2.28. The normalized spacial score (nSPS) is 13.2. The average Bonchev–Trinajstić information content (AvgIpc) is 2.83. The molecule has 1 heterocycles. The lowest BCUT2D eigenvalue weighted by Crippen LogP contribution is -2.38. The fourth-order valence-corrected chi connectivity index (χ4v) is 5.12. The van der Waals surface area contributed by atoms with Gasteiger partial charge in [-0.05, 0) is 60.7 Å². The van der Waals surface area contributed by atoms with Crippen molar-refractivity contribution in [3.63, 3.8) is 0 Å². The van der Waals surface area contributed by atoms with E-state index >= 15 is 0 Å². The van der Waals surface area contributed by atoms with Gasteiger partial charge >= 0.3 is 16.1 Å². The SMILES string of the molecule is Cc1ccc(C)c(S(=O)(=O)Oc2ccccc2C(=O)OCC(=O)N2CCc3ccccc3C2)c1. The first-order valence-electron chi connectivity index (χ1n) is 10.9. The summed E-state index contributed by atoms with van der Waals surface area (Å²) >= 11 is 0. The van der Waals surface area contributed by atoms with Gasteiger partial charge in [-0.25, -0.2) is 4.79 Å². The number of hydrogen-bond donors (Lipinski definition) is 0. The van der Waals surface area contributed by atoms with Crippen molar-refractivity contribution in [2.75, 3.05) is 13.2 Å². The number of para-hydroxylation sites is 1. The van der Waals surface area contributed by atoms with Crippen LogP contribution in [0.15, 0.2) is 71.6 Å². The van der Waals surface area contributed by atoms with E-state index in [1.807, 2.05) is 24.3 Å². The third kappa shape index (κ3) is 5.12. The number of carbonyl (C=O) groups is 2. The molecule has 0 aromatic heterocycles. The van der Waals surface area contributed by atoms with Crippen LogP contribution in [0.1, 0.15) is 32.6 Å². The average molecular weight is 480 g/mol. The monoisotopic (exact) mass is 479 g/mol. The van der Waals surface area contributed by atoms with Gasteiger partial charge in [0.1, 0.15) is 10.5 Å². The minimum atomic E-state index is -4.18. The van der Waals surface area contributed by atoms with E-state index in [0.29, 0.717) is 18.7 Å². The fourth-order valence-electron chi connectivity index (χ4n) is 3.85. The predicted molar refractivity (Wildman–Crippen MR) is 126 cm³/mol. The molecule has 0 N–H and O–H groups in total. The second kappa shape index (κ2) is 9.69. The van der Waals surface area contributed by atoms with Crippen molar-refractivity contribution < 1.29 is 26.9 Å². The molecule has 1 amide bonds. The highest BCUT2D eigenvalue weighted by Gasteiger charge is 2.25. The molecule has 0 bridgehead atoms. The van der Waals surface area contributed by atoms with Crippen LogP contribution in [-0.2, 0) is 32.6 Å². The first kappa shape index (κ1) is 23.5. The highest BCUT2D eigenvalue weighted by molar-refractivity contribution is 7.87. The number of amides is 1. The van der Waals surface area contributed by atoms with E-state index in [4.69, 9.17) is 8.92 Å². The highest BCUT2D eigenvalue weighted by atomic mass is 32.2. The molecule has 4 rings (SSSR count). The Balaban J connectivity index is 1.45. The first-order valence-corrected chi connectivity index (χ1v) is 12.3. The van der Waals surface area contributed by atoms with Gasteiger partial charge in [0.2, 0.25) is 0 Å². The van der Waals surface area contributed by atoms with E-state index in [0.717, 1.165) is 17.5 Å². The largest absolute Gasteiger partial charge is 0.452 e. The topological polar surface area (TPSA) is 90.0 Å². The van der Waals surface area contributed by atoms with Crippen molar-refractivity contribution in [3.8, 4) is 5.75 Å². The number of nitrogens with zero attached hydrogens (tertiary/aromatic N) is 1. The van der Waals surface area contributed by atoms with Crippen molar-refractivity contribution in [1.29, 1.82) is 0 Å². The molecular weight excluding hydrogens is 454 g/mol. The predicted octanol–water partition coefficient (Wildman–Crippen LogP) is 3.81. The van der Waals surface area contributed by atoms with Gasteiger partial charge in [0.25, 0.3) is 5.91 Å². The van der Waals surface area contributed by atoms with Gasteiger partial charge in [-0.1, -0.05) is 48.5 Å². The Kier molecular flexibility index (Phi) is 6.70. The second-order valence-corrected chi connectivity index (χ2v) is 9.73. The van der Waals surface area contributed by atoms with Crippen LogP contribution >= 0.6 is 0 Å². The smallest absolute Gasteiger partial charge is 0.342 e. The Bertz CT molecular complexity index is 1350. The summed E-state index contributed by atoms with van der Waals surface area (Å²) < 4.78 is 36.3. The van der Waals surface area contributed by atoms with Gasteiger partial charge in [0, 0.05) is 13.1 Å². The standard InChI is InChI=1S/C26H25NO6S/c1-18-11-12-19(2)24(15-18)34(30,31)33-23-10-6-5-9-22(23)26(29)32-17-25(28)27-14-13-20-7-3-4-8-21(20)16-27/h3-12,15H,13-14,16-17H2,1-2H3. The molecule has 0 fully saturated rings.